The van der Waals surface area contributed by atoms with E-state index in [1.165, 1.54) is 28.2 Å². The molecule has 0 aliphatic rings. The molecule has 0 unspecified atom stereocenters. The minimum absolute atomic E-state index is 0.162. The number of rotatable bonds is 4. The monoisotopic (exact) mass is 339 g/mol. The van der Waals surface area contributed by atoms with Crippen LogP contribution in [0, 0.1) is 18.3 Å². The highest BCUT2D eigenvalue weighted by Crippen LogP contribution is 2.25. The minimum atomic E-state index is -0.162. The Hall–Kier alpha value is -2.49. The Morgan fingerprint density at radius 1 is 1.35 bits per heavy atom. The Morgan fingerprint density at radius 2 is 2.22 bits per heavy atom. The van der Waals surface area contributed by atoms with Crippen molar-refractivity contribution in [2.75, 3.05) is 5.32 Å². The summed E-state index contributed by atoms with van der Waals surface area (Å²) in [6.07, 6.45) is 0.199. The largest absolute Gasteiger partial charge is 0.316 e. The van der Waals surface area contributed by atoms with Crippen LogP contribution in [0.15, 0.2) is 41.1 Å². The van der Waals surface area contributed by atoms with E-state index in [0.717, 1.165) is 16.3 Å². The number of carbonyl (C=O) groups is 1. The van der Waals surface area contributed by atoms with Crippen molar-refractivity contribution in [2.45, 2.75) is 13.3 Å². The molecular formula is C17H13N3OS2. The van der Waals surface area contributed by atoms with Crippen LogP contribution in [0.2, 0.25) is 0 Å². The first-order valence-corrected chi connectivity index (χ1v) is 8.70. The molecule has 0 fully saturated rings. The van der Waals surface area contributed by atoms with Gasteiger partial charge in [-0.05, 0) is 24.4 Å². The van der Waals surface area contributed by atoms with E-state index in [0.29, 0.717) is 10.6 Å². The molecule has 23 heavy (non-hydrogen) atoms. The second-order valence-electron chi connectivity index (χ2n) is 5.01. The first-order valence-electron chi connectivity index (χ1n) is 6.94. The van der Waals surface area contributed by atoms with Gasteiger partial charge in [0, 0.05) is 10.9 Å². The number of carbonyl (C=O) groups excluding carboxylic acids is 1. The molecule has 0 spiro atoms. The summed E-state index contributed by atoms with van der Waals surface area (Å²) >= 11 is 2.87. The number of nitrogens with zero attached hydrogens (tertiary/aromatic N) is 2. The fraction of sp³-hybridized carbons (Fsp3) is 0.118. The second-order valence-corrected chi connectivity index (χ2v) is 6.79. The summed E-state index contributed by atoms with van der Waals surface area (Å²) in [6, 6.07) is 11.9. The van der Waals surface area contributed by atoms with Crippen LogP contribution in [0.3, 0.4) is 0 Å². The summed E-state index contributed by atoms with van der Waals surface area (Å²) in [5, 5.41) is 16.9. The standard InChI is InChI=1S/C17H13N3OS2/c1-11-3-2-4-12(7-11)16-19-14(10-23-16)8-15(21)20-17-13(9-18)5-6-22-17/h2-7,10H,8H2,1H3,(H,20,21). The SMILES string of the molecule is Cc1cccc(-c2nc(CC(=O)Nc3sccc3C#N)cs2)c1. The van der Waals surface area contributed by atoms with Gasteiger partial charge in [0.2, 0.25) is 5.91 Å². The quantitative estimate of drug-likeness (QED) is 0.773. The molecule has 2 aromatic heterocycles. The topological polar surface area (TPSA) is 65.8 Å². The number of thiophene rings is 1. The van der Waals surface area contributed by atoms with E-state index in [9.17, 15) is 4.79 Å². The first-order chi connectivity index (χ1) is 11.2. The van der Waals surface area contributed by atoms with Gasteiger partial charge in [-0.2, -0.15) is 5.26 Å². The number of hydrogen-bond donors (Lipinski definition) is 1. The van der Waals surface area contributed by atoms with Crippen molar-refractivity contribution < 1.29 is 4.79 Å². The first kappa shape index (κ1) is 15.4. The molecule has 0 aliphatic heterocycles. The van der Waals surface area contributed by atoms with Gasteiger partial charge in [0.25, 0.3) is 0 Å². The smallest absolute Gasteiger partial charge is 0.231 e. The molecule has 0 radical (unpaired) electrons. The van der Waals surface area contributed by atoms with Gasteiger partial charge in [0.1, 0.15) is 16.1 Å². The van der Waals surface area contributed by atoms with Gasteiger partial charge in [-0.1, -0.05) is 23.8 Å². The molecule has 4 nitrogen and oxygen atoms in total. The number of aromatic nitrogens is 1. The van der Waals surface area contributed by atoms with Crippen molar-refractivity contribution in [1.29, 1.82) is 5.26 Å². The Balaban J connectivity index is 1.69. The van der Waals surface area contributed by atoms with E-state index < -0.39 is 0 Å². The number of thiazole rings is 1. The van der Waals surface area contributed by atoms with Crippen LogP contribution in [-0.2, 0) is 11.2 Å². The van der Waals surface area contributed by atoms with Gasteiger partial charge >= 0.3 is 0 Å². The third-order valence-electron chi connectivity index (χ3n) is 3.20. The van der Waals surface area contributed by atoms with Crippen LogP contribution >= 0.6 is 22.7 Å². The van der Waals surface area contributed by atoms with Crippen LogP contribution in [0.5, 0.6) is 0 Å². The van der Waals surface area contributed by atoms with E-state index in [-0.39, 0.29) is 12.3 Å². The molecule has 0 atom stereocenters. The summed E-state index contributed by atoms with van der Waals surface area (Å²) in [7, 11) is 0. The van der Waals surface area contributed by atoms with E-state index in [1.54, 1.807) is 11.4 Å². The third kappa shape index (κ3) is 3.65. The van der Waals surface area contributed by atoms with Crippen molar-refractivity contribution in [3.8, 4) is 16.6 Å². The number of nitriles is 1. The van der Waals surface area contributed by atoms with E-state index in [4.69, 9.17) is 5.26 Å². The molecular weight excluding hydrogens is 326 g/mol. The number of amides is 1. The number of aryl methyl sites for hydroxylation is 1. The molecule has 1 aromatic carbocycles. The Kier molecular flexibility index (Phi) is 4.51. The highest BCUT2D eigenvalue weighted by molar-refractivity contribution is 7.14. The lowest BCUT2D eigenvalue weighted by Crippen LogP contribution is -2.14. The zero-order valence-corrected chi connectivity index (χ0v) is 14.0. The van der Waals surface area contributed by atoms with Gasteiger partial charge in [-0.3, -0.25) is 4.79 Å². The lowest BCUT2D eigenvalue weighted by Gasteiger charge is -2.01. The minimum Gasteiger partial charge on any atom is -0.316 e. The highest BCUT2D eigenvalue weighted by atomic mass is 32.1. The molecule has 1 N–H and O–H groups in total. The van der Waals surface area contributed by atoms with Crippen molar-refractivity contribution in [2.24, 2.45) is 0 Å². The molecule has 0 bridgehead atoms. The number of hydrogen-bond acceptors (Lipinski definition) is 5. The summed E-state index contributed by atoms with van der Waals surface area (Å²) < 4.78 is 0. The summed E-state index contributed by atoms with van der Waals surface area (Å²) in [5.74, 6) is -0.162. The zero-order valence-electron chi connectivity index (χ0n) is 12.4. The predicted molar refractivity (Wildman–Crippen MR) is 93.7 cm³/mol. The maximum Gasteiger partial charge on any atom is 0.231 e. The van der Waals surface area contributed by atoms with E-state index in [1.807, 2.05) is 30.5 Å². The van der Waals surface area contributed by atoms with E-state index in [2.05, 4.69) is 22.4 Å². The van der Waals surface area contributed by atoms with Gasteiger partial charge < -0.3 is 5.32 Å². The molecule has 3 aromatic rings. The second kappa shape index (κ2) is 6.73. The van der Waals surface area contributed by atoms with Crippen LogP contribution in [0.25, 0.3) is 10.6 Å². The number of benzene rings is 1. The van der Waals surface area contributed by atoms with Crippen LogP contribution in [0.1, 0.15) is 16.8 Å². The molecule has 0 saturated carbocycles. The van der Waals surface area contributed by atoms with Crippen LogP contribution in [-0.4, -0.2) is 10.9 Å². The van der Waals surface area contributed by atoms with Crippen molar-refractivity contribution in [3.63, 3.8) is 0 Å². The Labute approximate surface area is 142 Å². The van der Waals surface area contributed by atoms with Crippen LogP contribution < -0.4 is 5.32 Å². The molecule has 0 aliphatic carbocycles. The summed E-state index contributed by atoms with van der Waals surface area (Å²) in [4.78, 5) is 16.6. The van der Waals surface area contributed by atoms with Crippen LogP contribution in [0.4, 0.5) is 5.00 Å². The lowest BCUT2D eigenvalue weighted by molar-refractivity contribution is -0.115. The average molecular weight is 339 g/mol. The molecule has 2 heterocycles. The lowest BCUT2D eigenvalue weighted by atomic mass is 10.1. The Morgan fingerprint density at radius 3 is 3.00 bits per heavy atom. The summed E-state index contributed by atoms with van der Waals surface area (Å²) in [6.45, 7) is 2.04. The Bertz CT molecular complexity index is 889. The van der Waals surface area contributed by atoms with Crippen molar-refractivity contribution >= 4 is 33.6 Å². The molecule has 6 heteroatoms. The van der Waals surface area contributed by atoms with Gasteiger partial charge in [-0.15, -0.1) is 22.7 Å². The van der Waals surface area contributed by atoms with Crippen molar-refractivity contribution in [1.82, 2.24) is 4.98 Å². The zero-order chi connectivity index (χ0) is 16.2. The number of anilines is 1. The fourth-order valence-electron chi connectivity index (χ4n) is 2.13. The van der Waals surface area contributed by atoms with Crippen molar-refractivity contribution in [3.05, 3.63) is 57.9 Å². The molecule has 114 valence electrons. The number of nitrogens with one attached hydrogen (secondary N) is 1. The maximum absolute atomic E-state index is 12.1. The fourth-order valence-corrected chi connectivity index (χ4v) is 3.70. The molecule has 3 rings (SSSR count). The predicted octanol–water partition coefficient (Wildman–Crippen LogP) is 4.23. The van der Waals surface area contributed by atoms with Gasteiger partial charge in [0.05, 0.1) is 17.7 Å². The summed E-state index contributed by atoms with van der Waals surface area (Å²) in [5.41, 5.74) is 3.46. The van der Waals surface area contributed by atoms with E-state index >= 15 is 0 Å². The molecule has 0 saturated heterocycles. The molecule has 1 amide bonds. The average Bonchev–Trinajstić information content (AvgIpc) is 3.16. The highest BCUT2D eigenvalue weighted by Gasteiger charge is 2.12. The van der Waals surface area contributed by atoms with Gasteiger partial charge in [0.15, 0.2) is 0 Å². The van der Waals surface area contributed by atoms with Gasteiger partial charge in [-0.25, -0.2) is 4.98 Å². The maximum atomic E-state index is 12.1. The normalized spacial score (nSPS) is 10.3. The third-order valence-corrected chi connectivity index (χ3v) is 4.97.